The van der Waals surface area contributed by atoms with Gasteiger partial charge in [-0.1, -0.05) is 17.7 Å². The van der Waals surface area contributed by atoms with Gasteiger partial charge in [0.15, 0.2) is 0 Å². The second-order valence-electron chi connectivity index (χ2n) is 4.58. The molecular formula is C15H12ClF4N. The van der Waals surface area contributed by atoms with Crippen molar-refractivity contribution in [2.75, 3.05) is 7.05 Å². The van der Waals surface area contributed by atoms with Gasteiger partial charge in [-0.15, -0.1) is 0 Å². The number of nitrogens with one attached hydrogen (secondary N) is 1. The van der Waals surface area contributed by atoms with Crippen LogP contribution in [0, 0.1) is 23.3 Å². The van der Waals surface area contributed by atoms with Gasteiger partial charge in [0.1, 0.15) is 23.3 Å². The predicted octanol–water partition coefficient (Wildman–Crippen LogP) is 4.40. The Morgan fingerprint density at radius 1 is 1.00 bits per heavy atom. The summed E-state index contributed by atoms with van der Waals surface area (Å²) in [5.41, 5.74) is 0.336. The molecule has 21 heavy (non-hydrogen) atoms. The third-order valence-electron chi connectivity index (χ3n) is 3.16. The lowest BCUT2D eigenvalue weighted by Gasteiger charge is -2.18. The molecule has 0 amide bonds. The van der Waals surface area contributed by atoms with E-state index in [1.54, 1.807) is 0 Å². The molecule has 0 saturated heterocycles. The molecule has 0 aliphatic rings. The molecule has 0 aromatic heterocycles. The maximum atomic E-state index is 13.8. The summed E-state index contributed by atoms with van der Waals surface area (Å²) in [6.07, 6.45) is 0.177. The van der Waals surface area contributed by atoms with E-state index in [1.807, 2.05) is 0 Å². The maximum Gasteiger partial charge on any atom is 0.141 e. The molecule has 0 heterocycles. The normalized spacial score (nSPS) is 12.5. The summed E-state index contributed by atoms with van der Waals surface area (Å²) >= 11 is 5.68. The summed E-state index contributed by atoms with van der Waals surface area (Å²) in [6.45, 7) is 0. The fraction of sp³-hybridized carbons (Fsp3) is 0.200. The minimum absolute atomic E-state index is 0.0672. The molecule has 2 aromatic carbocycles. The number of hydrogen-bond donors (Lipinski definition) is 1. The fourth-order valence-corrected chi connectivity index (χ4v) is 2.34. The van der Waals surface area contributed by atoms with E-state index >= 15 is 0 Å². The summed E-state index contributed by atoms with van der Waals surface area (Å²) in [5.74, 6) is -3.49. The minimum Gasteiger partial charge on any atom is -0.313 e. The van der Waals surface area contributed by atoms with E-state index in [9.17, 15) is 17.6 Å². The minimum atomic E-state index is -0.978. The van der Waals surface area contributed by atoms with E-state index in [0.29, 0.717) is 17.7 Å². The van der Waals surface area contributed by atoms with Gasteiger partial charge in [0.2, 0.25) is 0 Å². The smallest absolute Gasteiger partial charge is 0.141 e. The number of halogens is 5. The highest BCUT2D eigenvalue weighted by atomic mass is 35.5. The van der Waals surface area contributed by atoms with E-state index in [4.69, 9.17) is 11.6 Å². The van der Waals surface area contributed by atoms with Crippen LogP contribution in [0.3, 0.4) is 0 Å². The van der Waals surface area contributed by atoms with Gasteiger partial charge in [0.05, 0.1) is 5.02 Å². The van der Waals surface area contributed by atoms with Crippen LogP contribution in [0.15, 0.2) is 30.3 Å². The quantitative estimate of drug-likeness (QED) is 0.824. The molecular weight excluding hydrogens is 306 g/mol. The first-order valence-corrected chi connectivity index (χ1v) is 6.55. The average Bonchev–Trinajstić information content (AvgIpc) is 2.40. The lowest BCUT2D eigenvalue weighted by atomic mass is 9.98. The van der Waals surface area contributed by atoms with Crippen LogP contribution in [-0.2, 0) is 6.42 Å². The zero-order valence-electron chi connectivity index (χ0n) is 11.1. The Morgan fingerprint density at radius 3 is 2.14 bits per heavy atom. The van der Waals surface area contributed by atoms with Gasteiger partial charge in [0, 0.05) is 23.7 Å². The van der Waals surface area contributed by atoms with E-state index in [-0.39, 0.29) is 17.0 Å². The average molecular weight is 318 g/mol. The van der Waals surface area contributed by atoms with E-state index < -0.39 is 29.3 Å². The zero-order valence-corrected chi connectivity index (χ0v) is 11.8. The van der Waals surface area contributed by atoms with Crippen molar-refractivity contribution in [3.8, 4) is 0 Å². The van der Waals surface area contributed by atoms with Crippen LogP contribution in [0.25, 0.3) is 0 Å². The molecule has 1 atom stereocenters. The highest BCUT2D eigenvalue weighted by molar-refractivity contribution is 6.30. The largest absolute Gasteiger partial charge is 0.313 e. The Labute approximate surface area is 124 Å². The summed E-state index contributed by atoms with van der Waals surface area (Å²) in [5, 5.41) is 2.70. The molecule has 0 aliphatic carbocycles. The summed E-state index contributed by atoms with van der Waals surface area (Å²) in [4.78, 5) is 0. The molecule has 0 saturated carbocycles. The van der Waals surface area contributed by atoms with Gasteiger partial charge in [-0.2, -0.15) is 0 Å². The van der Waals surface area contributed by atoms with Crippen LogP contribution in [0.2, 0.25) is 5.02 Å². The van der Waals surface area contributed by atoms with Gasteiger partial charge in [-0.25, -0.2) is 17.6 Å². The first-order valence-electron chi connectivity index (χ1n) is 6.18. The van der Waals surface area contributed by atoms with Crippen molar-refractivity contribution < 1.29 is 17.6 Å². The van der Waals surface area contributed by atoms with E-state index in [2.05, 4.69) is 5.32 Å². The van der Waals surface area contributed by atoms with Gasteiger partial charge < -0.3 is 5.32 Å². The zero-order chi connectivity index (χ0) is 15.6. The highest BCUT2D eigenvalue weighted by Gasteiger charge is 2.21. The Morgan fingerprint density at radius 2 is 1.62 bits per heavy atom. The van der Waals surface area contributed by atoms with Gasteiger partial charge in [-0.05, 0) is 31.2 Å². The first-order chi connectivity index (χ1) is 9.92. The van der Waals surface area contributed by atoms with Crippen molar-refractivity contribution in [3.63, 3.8) is 0 Å². The number of benzene rings is 2. The van der Waals surface area contributed by atoms with Gasteiger partial charge in [-0.3, -0.25) is 0 Å². The van der Waals surface area contributed by atoms with Gasteiger partial charge >= 0.3 is 0 Å². The summed E-state index contributed by atoms with van der Waals surface area (Å²) in [7, 11) is 1.53. The lowest BCUT2D eigenvalue weighted by molar-refractivity contribution is 0.475. The standard InChI is InChI=1S/C15H12ClF4N/c1-21-14(5-8-2-3-11(18)10(16)4-8)15-12(19)6-9(17)7-13(15)20/h2-4,6-7,14,21H,5H2,1H3. The first kappa shape index (κ1) is 15.8. The molecule has 1 N–H and O–H groups in total. The topological polar surface area (TPSA) is 12.0 Å². The molecule has 6 heteroatoms. The van der Waals surface area contributed by atoms with Crippen LogP contribution < -0.4 is 5.32 Å². The molecule has 0 fully saturated rings. The molecule has 0 aliphatic heterocycles. The van der Waals surface area contributed by atoms with Crippen LogP contribution >= 0.6 is 11.6 Å². The van der Waals surface area contributed by atoms with Crippen LogP contribution in [0.1, 0.15) is 17.2 Å². The van der Waals surface area contributed by atoms with Crippen molar-refractivity contribution in [2.45, 2.75) is 12.5 Å². The van der Waals surface area contributed by atoms with Gasteiger partial charge in [0.25, 0.3) is 0 Å². The van der Waals surface area contributed by atoms with Crippen LogP contribution in [0.5, 0.6) is 0 Å². The fourth-order valence-electron chi connectivity index (χ4n) is 2.14. The SMILES string of the molecule is CNC(Cc1ccc(F)c(Cl)c1)c1c(F)cc(F)cc1F. The Kier molecular flexibility index (Phi) is 4.85. The maximum absolute atomic E-state index is 13.8. The molecule has 0 spiro atoms. The van der Waals surface area contributed by atoms with Crippen molar-refractivity contribution in [1.29, 1.82) is 0 Å². The second kappa shape index (κ2) is 6.45. The third-order valence-corrected chi connectivity index (χ3v) is 3.45. The Balaban J connectivity index is 2.34. The van der Waals surface area contributed by atoms with Crippen molar-refractivity contribution >= 4 is 11.6 Å². The molecule has 112 valence electrons. The van der Waals surface area contributed by atoms with Crippen molar-refractivity contribution in [3.05, 3.63) is 69.8 Å². The predicted molar refractivity (Wildman–Crippen MR) is 73.2 cm³/mol. The number of likely N-dealkylation sites (N-methyl/N-ethyl adjacent to an activating group) is 1. The van der Waals surface area contributed by atoms with E-state index in [0.717, 1.165) is 0 Å². The van der Waals surface area contributed by atoms with Crippen molar-refractivity contribution in [1.82, 2.24) is 5.32 Å². The molecule has 2 rings (SSSR count). The molecule has 2 aromatic rings. The summed E-state index contributed by atoms with van der Waals surface area (Å²) in [6, 6.07) is 4.57. The van der Waals surface area contributed by atoms with Crippen LogP contribution in [-0.4, -0.2) is 7.05 Å². The van der Waals surface area contributed by atoms with Crippen LogP contribution in [0.4, 0.5) is 17.6 Å². The summed E-state index contributed by atoms with van der Waals surface area (Å²) < 4.78 is 53.6. The van der Waals surface area contributed by atoms with Crippen molar-refractivity contribution in [2.24, 2.45) is 0 Å². The monoisotopic (exact) mass is 317 g/mol. The molecule has 0 radical (unpaired) electrons. The van der Waals surface area contributed by atoms with E-state index in [1.165, 1.54) is 25.2 Å². The Hall–Kier alpha value is -1.59. The number of rotatable bonds is 4. The third kappa shape index (κ3) is 3.54. The number of hydrogen-bond acceptors (Lipinski definition) is 1. The molecule has 0 bridgehead atoms. The Bertz CT molecular complexity index is 637. The highest BCUT2D eigenvalue weighted by Crippen LogP contribution is 2.26. The molecule has 1 nitrogen and oxygen atoms in total. The lowest BCUT2D eigenvalue weighted by Crippen LogP contribution is -2.21. The molecule has 1 unspecified atom stereocenters. The second-order valence-corrected chi connectivity index (χ2v) is 4.98.